The number of halogens is 3. The van der Waals surface area contributed by atoms with Gasteiger partial charge < -0.3 is 10.6 Å². The number of rotatable bonds is 5. The molecular formula is C19H25F3N2O2. The lowest BCUT2D eigenvalue weighted by atomic mass is 9.78. The predicted molar refractivity (Wildman–Crippen MR) is 93.4 cm³/mol. The molecule has 7 heteroatoms. The zero-order chi connectivity index (χ0) is 19.3. The molecule has 1 aromatic rings. The van der Waals surface area contributed by atoms with Crippen LogP contribution in [0, 0.1) is 11.8 Å². The number of benzene rings is 1. The number of carbonyl (C=O) groups excluding carboxylic acids is 2. The monoisotopic (exact) mass is 370 g/mol. The van der Waals surface area contributed by atoms with Gasteiger partial charge in [0.25, 0.3) is 0 Å². The van der Waals surface area contributed by atoms with Crippen LogP contribution >= 0.6 is 0 Å². The molecule has 0 aliphatic heterocycles. The Morgan fingerprint density at radius 1 is 1.15 bits per heavy atom. The van der Waals surface area contributed by atoms with Crippen molar-refractivity contribution < 1.29 is 22.8 Å². The van der Waals surface area contributed by atoms with E-state index in [2.05, 4.69) is 10.6 Å². The summed E-state index contributed by atoms with van der Waals surface area (Å²) in [6.45, 7) is 3.49. The van der Waals surface area contributed by atoms with Gasteiger partial charge in [0.15, 0.2) is 0 Å². The standard InChI is InChI=1S/C19H25F3N2O2/c1-3-17(25)24-14-10-8-13(9-11-14)12(2)23-18(26)15-6-4-5-7-16(15)19(20,21)22/h8-12,15-16H,3-7H2,1-2H3,(H,23,26)(H,24,25)/t12-,15+,16-/m0/s1. The minimum Gasteiger partial charge on any atom is -0.349 e. The van der Waals surface area contributed by atoms with Crippen molar-refractivity contribution in [2.75, 3.05) is 5.32 Å². The van der Waals surface area contributed by atoms with Crippen LogP contribution in [-0.4, -0.2) is 18.0 Å². The zero-order valence-corrected chi connectivity index (χ0v) is 15.0. The number of carbonyl (C=O) groups is 2. The SMILES string of the molecule is CCC(=O)Nc1ccc([C@H](C)NC(=O)[C@@H]2CCCC[C@@H]2C(F)(F)F)cc1. The average Bonchev–Trinajstić information content (AvgIpc) is 2.61. The summed E-state index contributed by atoms with van der Waals surface area (Å²) in [6, 6.07) is 6.51. The molecule has 2 amide bonds. The number of anilines is 1. The topological polar surface area (TPSA) is 58.2 Å². The Morgan fingerprint density at radius 3 is 2.35 bits per heavy atom. The Labute approximate surface area is 151 Å². The highest BCUT2D eigenvalue weighted by molar-refractivity contribution is 5.90. The van der Waals surface area contributed by atoms with Crippen molar-refractivity contribution in [2.24, 2.45) is 11.8 Å². The Morgan fingerprint density at radius 2 is 1.77 bits per heavy atom. The van der Waals surface area contributed by atoms with Crippen molar-refractivity contribution in [3.05, 3.63) is 29.8 Å². The summed E-state index contributed by atoms with van der Waals surface area (Å²) in [6.07, 6.45) is -2.54. The van der Waals surface area contributed by atoms with Crippen molar-refractivity contribution in [2.45, 2.75) is 58.2 Å². The first-order chi connectivity index (χ1) is 12.2. The van der Waals surface area contributed by atoms with Gasteiger partial charge in [-0.1, -0.05) is 31.9 Å². The molecular weight excluding hydrogens is 345 g/mol. The second kappa shape index (κ2) is 8.56. The fourth-order valence-corrected chi connectivity index (χ4v) is 3.34. The van der Waals surface area contributed by atoms with Crippen molar-refractivity contribution in [3.8, 4) is 0 Å². The molecule has 1 aromatic carbocycles. The maximum Gasteiger partial charge on any atom is 0.392 e. The summed E-state index contributed by atoms with van der Waals surface area (Å²) in [7, 11) is 0. The smallest absolute Gasteiger partial charge is 0.349 e. The molecule has 2 N–H and O–H groups in total. The van der Waals surface area contributed by atoms with Gasteiger partial charge in [-0.25, -0.2) is 0 Å². The molecule has 26 heavy (non-hydrogen) atoms. The first-order valence-electron chi connectivity index (χ1n) is 8.99. The van der Waals surface area contributed by atoms with Crippen LogP contribution in [0.2, 0.25) is 0 Å². The second-order valence-corrected chi connectivity index (χ2v) is 6.79. The van der Waals surface area contributed by atoms with E-state index in [0.717, 1.165) is 5.56 Å². The number of hydrogen-bond donors (Lipinski definition) is 2. The maximum atomic E-state index is 13.2. The molecule has 0 unspecified atom stereocenters. The summed E-state index contributed by atoms with van der Waals surface area (Å²) < 4.78 is 39.5. The van der Waals surface area contributed by atoms with Gasteiger partial charge in [-0.05, 0) is 37.5 Å². The summed E-state index contributed by atoms with van der Waals surface area (Å²) in [5.74, 6) is -3.22. The largest absolute Gasteiger partial charge is 0.392 e. The van der Waals surface area contributed by atoms with Gasteiger partial charge in [-0.3, -0.25) is 9.59 Å². The van der Waals surface area contributed by atoms with E-state index in [1.807, 2.05) is 0 Å². The van der Waals surface area contributed by atoms with E-state index in [1.165, 1.54) is 0 Å². The third-order valence-corrected chi connectivity index (χ3v) is 4.90. The lowest BCUT2D eigenvalue weighted by Gasteiger charge is -2.32. The van der Waals surface area contributed by atoms with Crippen LogP contribution < -0.4 is 10.6 Å². The summed E-state index contributed by atoms with van der Waals surface area (Å²) in [5.41, 5.74) is 1.41. The molecule has 1 aliphatic rings. The molecule has 2 rings (SSSR count). The van der Waals surface area contributed by atoms with E-state index in [0.29, 0.717) is 24.9 Å². The zero-order valence-electron chi connectivity index (χ0n) is 15.0. The summed E-state index contributed by atoms with van der Waals surface area (Å²) >= 11 is 0. The minimum atomic E-state index is -4.34. The molecule has 0 bridgehead atoms. The van der Waals surface area contributed by atoms with Gasteiger partial charge in [0.1, 0.15) is 0 Å². The first-order valence-corrected chi connectivity index (χ1v) is 8.99. The number of nitrogens with one attached hydrogen (secondary N) is 2. The van der Waals surface area contributed by atoms with Gasteiger partial charge in [-0.2, -0.15) is 13.2 Å². The van der Waals surface area contributed by atoms with Crippen LogP contribution in [0.1, 0.15) is 57.6 Å². The van der Waals surface area contributed by atoms with E-state index < -0.39 is 30.0 Å². The van der Waals surface area contributed by atoms with Crippen LogP contribution in [0.5, 0.6) is 0 Å². The predicted octanol–water partition coefficient (Wildman–Crippen LogP) is 4.58. The van der Waals surface area contributed by atoms with E-state index in [9.17, 15) is 22.8 Å². The summed E-state index contributed by atoms with van der Waals surface area (Å²) in [5, 5.41) is 5.43. The van der Waals surface area contributed by atoms with Gasteiger partial charge in [0.2, 0.25) is 11.8 Å². The molecule has 1 saturated carbocycles. The molecule has 0 radical (unpaired) electrons. The van der Waals surface area contributed by atoms with Gasteiger partial charge in [-0.15, -0.1) is 0 Å². The normalized spacial score (nSPS) is 21.7. The van der Waals surface area contributed by atoms with Gasteiger partial charge in [0.05, 0.1) is 12.0 Å². The number of amides is 2. The fourth-order valence-electron chi connectivity index (χ4n) is 3.34. The van der Waals surface area contributed by atoms with Crippen LogP contribution in [0.15, 0.2) is 24.3 Å². The molecule has 1 aliphatic carbocycles. The Balaban J connectivity index is 2.00. The average molecular weight is 370 g/mol. The van der Waals surface area contributed by atoms with Crippen molar-refractivity contribution in [1.82, 2.24) is 5.32 Å². The van der Waals surface area contributed by atoms with E-state index >= 15 is 0 Å². The van der Waals surface area contributed by atoms with Crippen molar-refractivity contribution in [3.63, 3.8) is 0 Å². The highest BCUT2D eigenvalue weighted by Gasteiger charge is 2.48. The second-order valence-electron chi connectivity index (χ2n) is 6.79. The summed E-state index contributed by atoms with van der Waals surface area (Å²) in [4.78, 5) is 23.8. The van der Waals surface area contributed by atoms with E-state index in [4.69, 9.17) is 0 Å². The minimum absolute atomic E-state index is 0.0157. The molecule has 0 saturated heterocycles. The quantitative estimate of drug-likeness (QED) is 0.797. The van der Waals surface area contributed by atoms with Crippen LogP contribution in [0.4, 0.5) is 18.9 Å². The highest BCUT2D eigenvalue weighted by atomic mass is 19.4. The Kier molecular flexibility index (Phi) is 6.67. The molecule has 1 fully saturated rings. The van der Waals surface area contributed by atoms with Crippen molar-refractivity contribution >= 4 is 17.5 Å². The number of alkyl halides is 3. The molecule has 4 nitrogen and oxygen atoms in total. The lowest BCUT2D eigenvalue weighted by Crippen LogP contribution is -2.43. The molecule has 0 aromatic heterocycles. The number of hydrogen-bond acceptors (Lipinski definition) is 2. The molecule has 3 atom stereocenters. The Bertz CT molecular complexity index is 629. The fraction of sp³-hybridized carbons (Fsp3) is 0.579. The third-order valence-electron chi connectivity index (χ3n) is 4.90. The van der Waals surface area contributed by atoms with Crippen LogP contribution in [0.25, 0.3) is 0 Å². The van der Waals surface area contributed by atoms with Crippen molar-refractivity contribution in [1.29, 1.82) is 0 Å². The molecule has 0 heterocycles. The lowest BCUT2D eigenvalue weighted by molar-refractivity contribution is -0.198. The molecule has 144 valence electrons. The first kappa shape index (κ1) is 20.3. The maximum absolute atomic E-state index is 13.2. The van der Waals surface area contributed by atoms with Gasteiger partial charge >= 0.3 is 6.18 Å². The molecule has 0 spiro atoms. The Hall–Kier alpha value is -2.05. The van der Waals surface area contributed by atoms with E-state index in [1.54, 1.807) is 38.1 Å². The third kappa shape index (κ3) is 5.22. The van der Waals surface area contributed by atoms with Gasteiger partial charge in [0, 0.05) is 18.0 Å². The van der Waals surface area contributed by atoms with Crippen LogP contribution in [-0.2, 0) is 9.59 Å². The highest BCUT2D eigenvalue weighted by Crippen LogP contribution is 2.41. The van der Waals surface area contributed by atoms with Crippen LogP contribution in [0.3, 0.4) is 0 Å². The van der Waals surface area contributed by atoms with E-state index in [-0.39, 0.29) is 18.7 Å².